The Balaban J connectivity index is 1.49. The summed E-state index contributed by atoms with van der Waals surface area (Å²) in [6, 6.07) is 15.0. The summed E-state index contributed by atoms with van der Waals surface area (Å²) in [6.45, 7) is 4.67. The Morgan fingerprint density at radius 3 is 2.40 bits per heavy atom. The van der Waals surface area contributed by atoms with Crippen LogP contribution in [0, 0.1) is 6.92 Å². The van der Waals surface area contributed by atoms with Crippen molar-refractivity contribution in [1.82, 2.24) is 14.8 Å². The molecule has 1 heterocycles. The van der Waals surface area contributed by atoms with Crippen LogP contribution in [0.2, 0.25) is 0 Å². The average Bonchev–Trinajstić information content (AvgIpc) is 3.07. The summed E-state index contributed by atoms with van der Waals surface area (Å²) < 4.78 is 32.8. The lowest BCUT2D eigenvalue weighted by Gasteiger charge is -2.07. The first-order valence-electron chi connectivity index (χ1n) is 9.91. The van der Waals surface area contributed by atoms with Crippen molar-refractivity contribution in [2.45, 2.75) is 42.5 Å². The highest BCUT2D eigenvalue weighted by molar-refractivity contribution is 7.99. The van der Waals surface area contributed by atoms with Gasteiger partial charge in [0.2, 0.25) is 0 Å². The van der Waals surface area contributed by atoms with Crippen LogP contribution < -0.4 is 4.74 Å². The summed E-state index contributed by atoms with van der Waals surface area (Å²) >= 11 is 1.55. The maximum Gasteiger partial charge on any atom is 0.190 e. The number of ether oxygens (including phenoxy) is 1. The van der Waals surface area contributed by atoms with E-state index >= 15 is 0 Å². The van der Waals surface area contributed by atoms with Crippen LogP contribution in [-0.4, -0.2) is 35.5 Å². The molecule has 2 aromatic carbocycles. The molecule has 6 nitrogen and oxygen atoms in total. The van der Waals surface area contributed by atoms with Crippen molar-refractivity contribution in [3.63, 3.8) is 0 Å². The highest BCUT2D eigenvalue weighted by Gasteiger charge is 2.20. The summed E-state index contributed by atoms with van der Waals surface area (Å²) in [5.41, 5.74) is 2.31. The molecule has 0 aliphatic heterocycles. The van der Waals surface area contributed by atoms with Crippen LogP contribution in [0.25, 0.3) is 0 Å². The van der Waals surface area contributed by atoms with E-state index in [1.807, 2.05) is 19.1 Å². The van der Waals surface area contributed by atoms with Gasteiger partial charge in [0.25, 0.3) is 0 Å². The van der Waals surface area contributed by atoms with Crippen LogP contribution in [0.4, 0.5) is 0 Å². The van der Waals surface area contributed by atoms with E-state index < -0.39 is 9.84 Å². The van der Waals surface area contributed by atoms with E-state index in [1.165, 1.54) is 5.56 Å². The van der Waals surface area contributed by atoms with E-state index in [4.69, 9.17) is 4.74 Å². The van der Waals surface area contributed by atoms with E-state index in [0.717, 1.165) is 29.9 Å². The van der Waals surface area contributed by atoms with Gasteiger partial charge >= 0.3 is 0 Å². The van der Waals surface area contributed by atoms with Gasteiger partial charge < -0.3 is 9.30 Å². The second kappa shape index (κ2) is 10.1. The Kier molecular flexibility index (Phi) is 7.55. The second-order valence-corrected chi connectivity index (χ2v) is 10.1. The largest absolute Gasteiger partial charge is 0.494 e. The minimum absolute atomic E-state index is 0.170. The first kappa shape index (κ1) is 22.4. The SMILES string of the molecule is CCc1ccc(OCCCSc2nnc(CS(=O)(=O)c3ccc(C)cc3)n2C)cc1. The number of hydrogen-bond donors (Lipinski definition) is 0. The molecule has 0 amide bonds. The van der Waals surface area contributed by atoms with Crippen molar-refractivity contribution in [3.05, 3.63) is 65.5 Å². The number of aromatic nitrogens is 3. The molecule has 0 aliphatic rings. The van der Waals surface area contributed by atoms with Gasteiger partial charge in [-0.25, -0.2) is 8.42 Å². The van der Waals surface area contributed by atoms with Crippen molar-refractivity contribution in [2.24, 2.45) is 7.05 Å². The van der Waals surface area contributed by atoms with Crippen molar-refractivity contribution in [1.29, 1.82) is 0 Å². The highest BCUT2D eigenvalue weighted by atomic mass is 32.2. The van der Waals surface area contributed by atoms with Crippen LogP contribution >= 0.6 is 11.8 Å². The first-order valence-corrected chi connectivity index (χ1v) is 12.5. The number of thioether (sulfide) groups is 1. The number of rotatable bonds is 10. The van der Waals surface area contributed by atoms with Gasteiger partial charge in [-0.3, -0.25) is 0 Å². The molecule has 0 saturated heterocycles. The number of nitrogens with zero attached hydrogens (tertiary/aromatic N) is 3. The van der Waals surface area contributed by atoms with Gasteiger partial charge in [-0.1, -0.05) is 48.5 Å². The standard InChI is InChI=1S/C22H27N3O3S2/c1-4-18-8-10-19(11-9-18)28-14-5-15-29-22-24-23-21(25(22)3)16-30(26,27)20-12-6-17(2)7-13-20/h6-13H,4-5,14-16H2,1-3H3. The molecule has 0 atom stereocenters. The van der Waals surface area contributed by atoms with E-state index in [0.29, 0.717) is 22.5 Å². The quantitative estimate of drug-likeness (QED) is 0.344. The Hall–Kier alpha value is -2.32. The zero-order chi connectivity index (χ0) is 21.6. The third-order valence-electron chi connectivity index (χ3n) is 4.74. The van der Waals surface area contributed by atoms with E-state index in [2.05, 4.69) is 29.3 Å². The van der Waals surface area contributed by atoms with Crippen LogP contribution in [-0.2, 0) is 29.1 Å². The third kappa shape index (κ3) is 5.86. The van der Waals surface area contributed by atoms with Gasteiger partial charge in [-0.05, 0) is 49.6 Å². The molecular formula is C22H27N3O3S2. The van der Waals surface area contributed by atoms with Gasteiger partial charge in [-0.2, -0.15) is 0 Å². The fourth-order valence-electron chi connectivity index (χ4n) is 2.83. The molecule has 0 radical (unpaired) electrons. The molecule has 0 fully saturated rings. The molecule has 160 valence electrons. The van der Waals surface area contributed by atoms with Gasteiger partial charge in [0.1, 0.15) is 17.3 Å². The smallest absolute Gasteiger partial charge is 0.190 e. The molecule has 0 aliphatic carbocycles. The third-order valence-corrected chi connectivity index (χ3v) is 7.48. The highest BCUT2D eigenvalue weighted by Crippen LogP contribution is 2.21. The van der Waals surface area contributed by atoms with E-state index in [1.54, 1.807) is 47.6 Å². The van der Waals surface area contributed by atoms with Gasteiger partial charge in [0, 0.05) is 12.8 Å². The molecule has 0 spiro atoms. The normalized spacial score (nSPS) is 11.6. The molecule has 3 aromatic rings. The number of sulfone groups is 1. The second-order valence-electron chi connectivity index (χ2n) is 7.08. The summed E-state index contributed by atoms with van der Waals surface area (Å²) in [6.07, 6.45) is 1.87. The first-order chi connectivity index (χ1) is 14.4. The zero-order valence-corrected chi connectivity index (χ0v) is 19.2. The molecule has 1 aromatic heterocycles. The maximum absolute atomic E-state index is 12.6. The lowest BCUT2D eigenvalue weighted by Crippen LogP contribution is -2.10. The lowest BCUT2D eigenvalue weighted by atomic mass is 10.2. The van der Waals surface area contributed by atoms with Gasteiger partial charge in [0.15, 0.2) is 15.0 Å². The minimum atomic E-state index is -3.46. The molecule has 0 N–H and O–H groups in total. The summed E-state index contributed by atoms with van der Waals surface area (Å²) in [4.78, 5) is 0.300. The van der Waals surface area contributed by atoms with Crippen LogP contribution in [0.5, 0.6) is 5.75 Å². The maximum atomic E-state index is 12.6. The number of hydrogen-bond acceptors (Lipinski definition) is 6. The predicted molar refractivity (Wildman–Crippen MR) is 120 cm³/mol. The average molecular weight is 446 g/mol. The van der Waals surface area contributed by atoms with Crippen molar-refractivity contribution in [3.8, 4) is 5.75 Å². The Morgan fingerprint density at radius 1 is 1.03 bits per heavy atom. The van der Waals surface area contributed by atoms with E-state index in [-0.39, 0.29) is 5.75 Å². The van der Waals surface area contributed by atoms with Crippen LogP contribution in [0.15, 0.2) is 58.6 Å². The molecule has 3 rings (SSSR count). The monoisotopic (exact) mass is 445 g/mol. The lowest BCUT2D eigenvalue weighted by molar-refractivity contribution is 0.318. The Morgan fingerprint density at radius 2 is 1.73 bits per heavy atom. The number of benzene rings is 2. The molecule has 0 saturated carbocycles. The summed E-state index contributed by atoms with van der Waals surface area (Å²) in [5, 5.41) is 8.95. The topological polar surface area (TPSA) is 74.1 Å². The van der Waals surface area contributed by atoms with Gasteiger partial charge in [-0.15, -0.1) is 10.2 Å². The summed E-state index contributed by atoms with van der Waals surface area (Å²) in [5.74, 6) is 1.95. The Labute approximate surface area is 182 Å². The molecular weight excluding hydrogens is 418 g/mol. The zero-order valence-electron chi connectivity index (χ0n) is 17.5. The van der Waals surface area contributed by atoms with E-state index in [9.17, 15) is 8.42 Å². The molecule has 30 heavy (non-hydrogen) atoms. The fourth-order valence-corrected chi connectivity index (χ4v) is 4.98. The molecule has 0 unspecified atom stereocenters. The summed E-state index contributed by atoms with van der Waals surface area (Å²) in [7, 11) is -1.66. The molecule has 0 bridgehead atoms. The van der Waals surface area contributed by atoms with Crippen LogP contribution in [0.3, 0.4) is 0 Å². The fraction of sp³-hybridized carbons (Fsp3) is 0.364. The Bertz CT molecular complexity index is 1060. The predicted octanol–water partition coefficient (Wildman–Crippen LogP) is 4.22. The number of aryl methyl sites for hydroxylation is 2. The van der Waals surface area contributed by atoms with Crippen molar-refractivity contribution in [2.75, 3.05) is 12.4 Å². The molecule has 8 heteroatoms. The van der Waals surface area contributed by atoms with Gasteiger partial charge in [0.05, 0.1) is 11.5 Å². The minimum Gasteiger partial charge on any atom is -0.494 e. The van der Waals surface area contributed by atoms with Crippen molar-refractivity contribution >= 4 is 21.6 Å². The van der Waals surface area contributed by atoms with Crippen LogP contribution in [0.1, 0.15) is 30.3 Å². The van der Waals surface area contributed by atoms with Crippen molar-refractivity contribution < 1.29 is 13.2 Å².